The summed E-state index contributed by atoms with van der Waals surface area (Å²) in [4.78, 5) is 18.5. The first kappa shape index (κ1) is 12.2. The largest absolute Gasteiger partial charge is 0.482 e. The third kappa shape index (κ3) is 2.91. The van der Waals surface area contributed by atoms with Crippen LogP contribution < -0.4 is 4.74 Å². The first-order valence-electron chi connectivity index (χ1n) is 5.55. The zero-order valence-corrected chi connectivity index (χ0v) is 10.2. The van der Waals surface area contributed by atoms with Crippen LogP contribution in [0.2, 0.25) is 0 Å². The van der Waals surface area contributed by atoms with Crippen LogP contribution >= 0.6 is 0 Å². The van der Waals surface area contributed by atoms with Crippen molar-refractivity contribution >= 4 is 6.29 Å². The number of aromatic nitrogens is 3. The second-order valence-corrected chi connectivity index (χ2v) is 4.03. The fourth-order valence-electron chi connectivity index (χ4n) is 1.25. The first-order chi connectivity index (χ1) is 8.69. The molecule has 2 aromatic heterocycles. The molecule has 0 saturated carbocycles. The lowest BCUT2D eigenvalue weighted by Gasteiger charge is -2.01. The molecule has 0 bridgehead atoms. The van der Waals surface area contributed by atoms with Gasteiger partial charge in [-0.3, -0.25) is 4.79 Å². The van der Waals surface area contributed by atoms with Gasteiger partial charge in [0.15, 0.2) is 18.7 Å². The van der Waals surface area contributed by atoms with Crippen LogP contribution in [0.25, 0.3) is 0 Å². The maximum absolute atomic E-state index is 10.4. The van der Waals surface area contributed by atoms with Crippen LogP contribution in [0.1, 0.15) is 42.0 Å². The molecule has 6 nitrogen and oxygen atoms in total. The van der Waals surface area contributed by atoms with E-state index < -0.39 is 0 Å². The van der Waals surface area contributed by atoms with Crippen molar-refractivity contribution in [2.75, 3.05) is 0 Å². The second-order valence-electron chi connectivity index (χ2n) is 4.03. The van der Waals surface area contributed by atoms with Crippen molar-refractivity contribution in [3.05, 3.63) is 35.7 Å². The molecule has 2 rings (SSSR count). The lowest BCUT2D eigenvalue weighted by molar-refractivity contribution is 0.111. The Morgan fingerprint density at radius 2 is 2.28 bits per heavy atom. The van der Waals surface area contributed by atoms with Gasteiger partial charge in [0, 0.05) is 5.92 Å². The average molecular weight is 247 g/mol. The topological polar surface area (TPSA) is 78.1 Å². The minimum atomic E-state index is 0.182. The summed E-state index contributed by atoms with van der Waals surface area (Å²) in [7, 11) is 0. The van der Waals surface area contributed by atoms with Gasteiger partial charge in [-0.1, -0.05) is 19.0 Å². The fourth-order valence-corrected chi connectivity index (χ4v) is 1.25. The number of pyridine rings is 1. The van der Waals surface area contributed by atoms with Gasteiger partial charge in [0.05, 0.1) is 6.20 Å². The van der Waals surface area contributed by atoms with Crippen molar-refractivity contribution < 1.29 is 14.1 Å². The molecule has 0 aliphatic rings. The molecule has 0 amide bonds. The van der Waals surface area contributed by atoms with E-state index in [2.05, 4.69) is 15.1 Å². The van der Waals surface area contributed by atoms with E-state index in [0.29, 0.717) is 29.4 Å². The van der Waals surface area contributed by atoms with Gasteiger partial charge in [-0.15, -0.1) is 0 Å². The average Bonchev–Trinajstić information content (AvgIpc) is 2.86. The number of carbonyl (C=O) groups excluding carboxylic acids is 1. The number of hydrogen-bond acceptors (Lipinski definition) is 6. The van der Waals surface area contributed by atoms with Gasteiger partial charge in [0.25, 0.3) is 5.89 Å². The van der Waals surface area contributed by atoms with Gasteiger partial charge in [0.1, 0.15) is 11.4 Å². The standard InChI is InChI=1S/C12H13N3O3/c1-8(2)12-14-11(18-15-12)7-17-10-4-3-9(6-16)13-5-10/h3-6,8H,7H2,1-2H3. The fraction of sp³-hybridized carbons (Fsp3) is 0.333. The van der Waals surface area contributed by atoms with Crippen molar-refractivity contribution in [1.29, 1.82) is 0 Å². The highest BCUT2D eigenvalue weighted by atomic mass is 16.5. The molecule has 6 heteroatoms. The van der Waals surface area contributed by atoms with E-state index in [9.17, 15) is 4.79 Å². The predicted molar refractivity (Wildman–Crippen MR) is 62.3 cm³/mol. The molecule has 0 aromatic carbocycles. The highest BCUT2D eigenvalue weighted by Gasteiger charge is 2.09. The first-order valence-corrected chi connectivity index (χ1v) is 5.55. The minimum absolute atomic E-state index is 0.182. The van der Waals surface area contributed by atoms with Crippen LogP contribution in [0, 0.1) is 0 Å². The minimum Gasteiger partial charge on any atom is -0.482 e. The summed E-state index contributed by atoms with van der Waals surface area (Å²) >= 11 is 0. The van der Waals surface area contributed by atoms with E-state index in [4.69, 9.17) is 9.26 Å². The molecular formula is C12H13N3O3. The van der Waals surface area contributed by atoms with Crippen molar-refractivity contribution in [2.45, 2.75) is 26.4 Å². The molecule has 0 unspecified atom stereocenters. The van der Waals surface area contributed by atoms with E-state index in [1.807, 2.05) is 13.8 Å². The van der Waals surface area contributed by atoms with Crippen molar-refractivity contribution in [1.82, 2.24) is 15.1 Å². The lowest BCUT2D eigenvalue weighted by Crippen LogP contribution is -1.98. The van der Waals surface area contributed by atoms with Crippen LogP contribution in [0.4, 0.5) is 0 Å². The number of rotatable bonds is 5. The Labute approximate surface area is 104 Å². The van der Waals surface area contributed by atoms with Gasteiger partial charge in [-0.2, -0.15) is 4.98 Å². The van der Waals surface area contributed by atoms with Crippen LogP contribution in [0.3, 0.4) is 0 Å². The molecular weight excluding hydrogens is 234 g/mol. The van der Waals surface area contributed by atoms with Crippen LogP contribution in [0.5, 0.6) is 5.75 Å². The molecule has 0 atom stereocenters. The maximum atomic E-state index is 10.4. The number of carbonyl (C=O) groups is 1. The molecule has 94 valence electrons. The van der Waals surface area contributed by atoms with E-state index in [0.717, 1.165) is 0 Å². The highest BCUT2D eigenvalue weighted by molar-refractivity contribution is 5.71. The quantitative estimate of drug-likeness (QED) is 0.752. The van der Waals surface area contributed by atoms with E-state index >= 15 is 0 Å². The maximum Gasteiger partial charge on any atom is 0.264 e. The summed E-state index contributed by atoms with van der Waals surface area (Å²) in [6.07, 6.45) is 2.15. The third-order valence-corrected chi connectivity index (χ3v) is 2.24. The third-order valence-electron chi connectivity index (χ3n) is 2.24. The number of nitrogens with zero attached hydrogens (tertiary/aromatic N) is 3. The summed E-state index contributed by atoms with van der Waals surface area (Å²) in [5, 5.41) is 3.83. The van der Waals surface area contributed by atoms with Gasteiger partial charge in [-0.05, 0) is 12.1 Å². The summed E-state index contributed by atoms with van der Waals surface area (Å²) in [5.41, 5.74) is 0.363. The number of ether oxygens (including phenoxy) is 1. The Morgan fingerprint density at radius 3 is 2.83 bits per heavy atom. The zero-order valence-electron chi connectivity index (χ0n) is 10.2. The summed E-state index contributed by atoms with van der Waals surface area (Å²) in [5.74, 6) is 1.84. The molecule has 18 heavy (non-hydrogen) atoms. The second kappa shape index (κ2) is 5.39. The number of hydrogen-bond donors (Lipinski definition) is 0. The predicted octanol–water partition coefficient (Wildman–Crippen LogP) is 1.98. The summed E-state index contributed by atoms with van der Waals surface area (Å²) < 4.78 is 10.4. The Kier molecular flexibility index (Phi) is 3.66. The smallest absolute Gasteiger partial charge is 0.264 e. The molecule has 2 aromatic rings. The van der Waals surface area contributed by atoms with Gasteiger partial charge < -0.3 is 9.26 Å². The highest BCUT2D eigenvalue weighted by Crippen LogP contribution is 2.13. The SMILES string of the molecule is CC(C)c1noc(COc2ccc(C=O)nc2)n1. The normalized spacial score (nSPS) is 10.6. The van der Waals surface area contributed by atoms with Gasteiger partial charge in [0.2, 0.25) is 0 Å². The van der Waals surface area contributed by atoms with Crippen molar-refractivity contribution in [3.63, 3.8) is 0 Å². The lowest BCUT2D eigenvalue weighted by atomic mass is 10.2. The van der Waals surface area contributed by atoms with Crippen LogP contribution in [0.15, 0.2) is 22.9 Å². The Balaban J connectivity index is 1.95. The van der Waals surface area contributed by atoms with Crippen molar-refractivity contribution in [3.8, 4) is 5.75 Å². The molecule has 2 heterocycles. The number of aldehydes is 1. The van der Waals surface area contributed by atoms with Gasteiger partial charge >= 0.3 is 0 Å². The molecule has 0 radical (unpaired) electrons. The summed E-state index contributed by atoms with van der Waals surface area (Å²) in [6, 6.07) is 3.24. The van der Waals surface area contributed by atoms with Gasteiger partial charge in [-0.25, -0.2) is 4.98 Å². The van der Waals surface area contributed by atoms with E-state index in [-0.39, 0.29) is 12.5 Å². The molecule has 0 aliphatic heterocycles. The zero-order chi connectivity index (χ0) is 13.0. The Hall–Kier alpha value is -2.24. The van der Waals surface area contributed by atoms with E-state index in [1.165, 1.54) is 6.20 Å². The molecule has 0 saturated heterocycles. The molecule has 0 N–H and O–H groups in total. The Bertz CT molecular complexity index is 520. The van der Waals surface area contributed by atoms with E-state index in [1.54, 1.807) is 12.1 Å². The van der Waals surface area contributed by atoms with Crippen LogP contribution in [-0.2, 0) is 6.61 Å². The monoisotopic (exact) mass is 247 g/mol. The molecule has 0 spiro atoms. The summed E-state index contributed by atoms with van der Waals surface area (Å²) in [6.45, 7) is 4.15. The van der Waals surface area contributed by atoms with Crippen LogP contribution in [-0.4, -0.2) is 21.4 Å². The molecule has 0 fully saturated rings. The Morgan fingerprint density at radius 1 is 1.44 bits per heavy atom. The van der Waals surface area contributed by atoms with Crippen molar-refractivity contribution in [2.24, 2.45) is 0 Å². The molecule has 0 aliphatic carbocycles.